The van der Waals surface area contributed by atoms with Crippen LogP contribution in [0.4, 0.5) is 20.3 Å². The fourth-order valence-electron chi connectivity index (χ4n) is 4.05. The molecule has 0 radical (unpaired) electrons. The smallest absolute Gasteiger partial charge is 0.357 e. The van der Waals surface area contributed by atoms with Gasteiger partial charge in [-0.15, -0.1) is 0 Å². The van der Waals surface area contributed by atoms with Crippen molar-refractivity contribution in [2.24, 2.45) is 7.05 Å². The van der Waals surface area contributed by atoms with Crippen LogP contribution in [0.25, 0.3) is 22.0 Å². The first-order valence-corrected chi connectivity index (χ1v) is 10.7. The third-order valence-electron chi connectivity index (χ3n) is 5.55. The lowest BCUT2D eigenvalue weighted by molar-refractivity contribution is 0.0520. The van der Waals surface area contributed by atoms with Crippen molar-refractivity contribution in [1.82, 2.24) is 19.7 Å². The number of aryl methyl sites for hydroxylation is 1. The Hall–Kier alpha value is -4.08. The predicted molar refractivity (Wildman–Crippen MR) is 122 cm³/mol. The van der Waals surface area contributed by atoms with Crippen LogP contribution in [0.5, 0.6) is 5.75 Å². The first-order valence-electron chi connectivity index (χ1n) is 10.7. The molecule has 0 saturated carbocycles. The first-order chi connectivity index (χ1) is 16.5. The number of ether oxygens (including phenoxy) is 2. The van der Waals surface area contributed by atoms with Crippen LogP contribution in [0, 0.1) is 0 Å². The summed E-state index contributed by atoms with van der Waals surface area (Å²) in [6, 6.07) is 8.19. The number of halogens is 2. The Morgan fingerprint density at radius 3 is 2.88 bits per heavy atom. The molecule has 1 aliphatic rings. The minimum absolute atomic E-state index is 0.117. The standard InChI is InChI=1S/C24H21F2N5O3/c1-3-33-24(32)18-9-14-5-4-6-27-21(14)23(29-18)31-7-8-34-20-11-16(15-12-28-30(2)13-15)17(22(25)26)10-19(20)31/h4-6,9-13,22H,3,7-8H2,1-2H3. The van der Waals surface area contributed by atoms with Crippen LogP contribution >= 0.6 is 0 Å². The van der Waals surface area contributed by atoms with Gasteiger partial charge in [0.2, 0.25) is 0 Å². The van der Waals surface area contributed by atoms with Gasteiger partial charge in [0.1, 0.15) is 17.9 Å². The molecule has 0 bridgehead atoms. The van der Waals surface area contributed by atoms with Crippen molar-refractivity contribution in [3.63, 3.8) is 0 Å². The summed E-state index contributed by atoms with van der Waals surface area (Å²) in [6.45, 7) is 2.56. The number of benzene rings is 1. The molecule has 10 heteroatoms. The molecule has 0 spiro atoms. The van der Waals surface area contributed by atoms with Gasteiger partial charge in [0.15, 0.2) is 11.5 Å². The Bertz CT molecular complexity index is 1390. The summed E-state index contributed by atoms with van der Waals surface area (Å²) in [5, 5.41) is 4.79. The molecule has 4 heterocycles. The maximum atomic E-state index is 14.2. The van der Waals surface area contributed by atoms with E-state index in [-0.39, 0.29) is 17.9 Å². The van der Waals surface area contributed by atoms with E-state index in [2.05, 4.69) is 15.1 Å². The lowest BCUT2D eigenvalue weighted by Crippen LogP contribution is -2.30. The van der Waals surface area contributed by atoms with Crippen LogP contribution in [0.15, 0.2) is 48.9 Å². The number of rotatable bonds is 5. The van der Waals surface area contributed by atoms with Gasteiger partial charge < -0.3 is 14.4 Å². The van der Waals surface area contributed by atoms with Crippen molar-refractivity contribution in [3.8, 4) is 16.9 Å². The lowest BCUT2D eigenvalue weighted by atomic mass is 10.00. The number of fused-ring (bicyclic) bond motifs is 2. The summed E-state index contributed by atoms with van der Waals surface area (Å²) in [4.78, 5) is 23.2. The van der Waals surface area contributed by atoms with Gasteiger partial charge in [-0.25, -0.2) is 18.6 Å². The van der Waals surface area contributed by atoms with E-state index in [1.54, 1.807) is 54.1 Å². The number of anilines is 2. The molecule has 0 aliphatic carbocycles. The van der Waals surface area contributed by atoms with Gasteiger partial charge in [0.05, 0.1) is 25.0 Å². The normalized spacial score (nSPS) is 13.1. The van der Waals surface area contributed by atoms with E-state index >= 15 is 0 Å². The van der Waals surface area contributed by atoms with Gasteiger partial charge in [-0.2, -0.15) is 5.10 Å². The molecule has 5 rings (SSSR count). The third-order valence-corrected chi connectivity index (χ3v) is 5.55. The van der Waals surface area contributed by atoms with E-state index in [1.165, 1.54) is 12.3 Å². The fourth-order valence-corrected chi connectivity index (χ4v) is 4.05. The molecule has 0 amide bonds. The first kappa shape index (κ1) is 21.7. The van der Waals surface area contributed by atoms with E-state index in [0.29, 0.717) is 52.4 Å². The molecular formula is C24H21F2N5O3. The topological polar surface area (TPSA) is 82.4 Å². The summed E-state index contributed by atoms with van der Waals surface area (Å²) in [5.41, 5.74) is 1.84. The Kier molecular flexibility index (Phi) is 5.56. The largest absolute Gasteiger partial charge is 0.490 e. The number of pyridine rings is 2. The van der Waals surface area contributed by atoms with E-state index in [9.17, 15) is 13.6 Å². The van der Waals surface area contributed by atoms with Crippen LogP contribution in [0.3, 0.4) is 0 Å². The average Bonchev–Trinajstić information content (AvgIpc) is 3.28. The number of carbonyl (C=O) groups is 1. The summed E-state index contributed by atoms with van der Waals surface area (Å²) in [5.74, 6) is 0.241. The van der Waals surface area contributed by atoms with E-state index in [4.69, 9.17) is 9.47 Å². The molecule has 0 atom stereocenters. The Balaban J connectivity index is 1.69. The minimum atomic E-state index is -2.72. The summed E-state index contributed by atoms with van der Waals surface area (Å²) in [7, 11) is 1.72. The molecule has 8 nitrogen and oxygen atoms in total. The van der Waals surface area contributed by atoms with Crippen LogP contribution < -0.4 is 9.64 Å². The molecule has 4 aromatic rings. The molecule has 1 aromatic carbocycles. The Labute approximate surface area is 193 Å². The van der Waals surface area contributed by atoms with Crippen LogP contribution in [0.2, 0.25) is 0 Å². The highest BCUT2D eigenvalue weighted by atomic mass is 19.3. The molecule has 1 aliphatic heterocycles. The Morgan fingerprint density at radius 1 is 1.29 bits per heavy atom. The molecule has 34 heavy (non-hydrogen) atoms. The number of carbonyl (C=O) groups excluding carboxylic acids is 1. The molecule has 0 unspecified atom stereocenters. The average molecular weight is 465 g/mol. The van der Waals surface area contributed by atoms with E-state index in [1.807, 2.05) is 6.07 Å². The van der Waals surface area contributed by atoms with Gasteiger partial charge in [0.25, 0.3) is 6.43 Å². The number of nitrogens with zero attached hydrogens (tertiary/aromatic N) is 5. The second-order valence-corrected chi connectivity index (χ2v) is 7.74. The number of aromatic nitrogens is 4. The van der Waals surface area contributed by atoms with Crippen LogP contribution in [-0.2, 0) is 11.8 Å². The highest BCUT2D eigenvalue weighted by molar-refractivity contribution is 5.98. The zero-order valence-corrected chi connectivity index (χ0v) is 18.5. The summed E-state index contributed by atoms with van der Waals surface area (Å²) >= 11 is 0. The maximum absolute atomic E-state index is 14.2. The fraction of sp³-hybridized carbons (Fsp3) is 0.250. The van der Waals surface area contributed by atoms with E-state index in [0.717, 1.165) is 0 Å². The van der Waals surface area contributed by atoms with Gasteiger partial charge in [-0.3, -0.25) is 9.67 Å². The molecule has 3 aromatic heterocycles. The monoisotopic (exact) mass is 465 g/mol. The minimum Gasteiger partial charge on any atom is -0.490 e. The molecule has 0 fully saturated rings. The number of hydrogen-bond donors (Lipinski definition) is 0. The van der Waals surface area contributed by atoms with Gasteiger partial charge in [-0.05, 0) is 36.8 Å². The molecule has 0 N–H and O–H groups in total. The number of alkyl halides is 2. The number of hydrogen-bond acceptors (Lipinski definition) is 7. The quantitative estimate of drug-likeness (QED) is 0.396. The highest BCUT2D eigenvalue weighted by Gasteiger charge is 2.28. The van der Waals surface area contributed by atoms with Crippen LogP contribution in [0.1, 0.15) is 29.4 Å². The van der Waals surface area contributed by atoms with Gasteiger partial charge >= 0.3 is 5.97 Å². The third kappa shape index (κ3) is 3.81. The second kappa shape index (κ2) is 8.69. The summed E-state index contributed by atoms with van der Waals surface area (Å²) < 4.78 is 40.8. The van der Waals surface area contributed by atoms with Gasteiger partial charge in [-0.1, -0.05) is 6.07 Å². The molecule has 174 valence electrons. The van der Waals surface area contributed by atoms with Crippen molar-refractivity contribution >= 4 is 28.4 Å². The predicted octanol–water partition coefficient (Wildman–Crippen LogP) is 4.68. The van der Waals surface area contributed by atoms with Crippen molar-refractivity contribution in [2.75, 3.05) is 24.7 Å². The van der Waals surface area contributed by atoms with Crippen molar-refractivity contribution in [3.05, 3.63) is 60.2 Å². The maximum Gasteiger partial charge on any atom is 0.357 e. The van der Waals surface area contributed by atoms with Crippen molar-refractivity contribution < 1.29 is 23.0 Å². The zero-order chi connectivity index (χ0) is 23.8. The van der Waals surface area contributed by atoms with Crippen LogP contribution in [-0.4, -0.2) is 45.5 Å². The lowest BCUT2D eigenvalue weighted by Gasteiger charge is -2.32. The van der Waals surface area contributed by atoms with Gasteiger partial charge in [0, 0.05) is 36.0 Å². The summed E-state index contributed by atoms with van der Waals surface area (Å²) in [6.07, 6.45) is 2.11. The Morgan fingerprint density at radius 2 is 2.15 bits per heavy atom. The van der Waals surface area contributed by atoms with Crippen molar-refractivity contribution in [1.29, 1.82) is 0 Å². The van der Waals surface area contributed by atoms with Crippen molar-refractivity contribution in [2.45, 2.75) is 13.3 Å². The molecule has 0 saturated heterocycles. The second-order valence-electron chi connectivity index (χ2n) is 7.74. The SMILES string of the molecule is CCOC(=O)c1cc2cccnc2c(N2CCOc3cc(-c4cnn(C)c4)c(C(F)F)cc32)n1. The highest BCUT2D eigenvalue weighted by Crippen LogP contribution is 2.44. The van der Waals surface area contributed by atoms with E-state index < -0.39 is 12.4 Å². The zero-order valence-electron chi connectivity index (χ0n) is 18.5. The molecular weight excluding hydrogens is 444 g/mol. The number of esters is 1.